The van der Waals surface area contributed by atoms with Gasteiger partial charge in [0.05, 0.1) is 11.6 Å². The van der Waals surface area contributed by atoms with Crippen LogP contribution in [0.15, 0.2) is 51.4 Å². The first-order chi connectivity index (χ1) is 11.1. The molecule has 3 aromatic rings. The lowest BCUT2D eigenvalue weighted by Gasteiger charge is -2.14. The van der Waals surface area contributed by atoms with Crippen LogP contribution in [0.2, 0.25) is 0 Å². The van der Waals surface area contributed by atoms with Gasteiger partial charge in [0.25, 0.3) is 5.56 Å². The van der Waals surface area contributed by atoms with Gasteiger partial charge in [-0.1, -0.05) is 30.3 Å². The average molecular weight is 329 g/mol. The van der Waals surface area contributed by atoms with E-state index in [0.29, 0.717) is 10.2 Å². The van der Waals surface area contributed by atoms with Gasteiger partial charge in [-0.15, -0.1) is 11.3 Å². The number of aromatic amines is 1. The molecule has 2 N–H and O–H groups in total. The number of benzene rings is 1. The first kappa shape index (κ1) is 15.2. The van der Waals surface area contributed by atoms with Gasteiger partial charge in [-0.3, -0.25) is 9.59 Å². The number of carbonyl (C=O) groups excluding carboxylic acids is 1. The topological polar surface area (TPSA) is 84.0 Å². The molecule has 2 heterocycles. The quantitative estimate of drug-likeness (QED) is 0.763. The number of fused-ring (bicyclic) bond motifs is 1. The van der Waals surface area contributed by atoms with Crippen LogP contribution in [0.25, 0.3) is 10.2 Å². The Labute approximate surface area is 135 Å². The molecule has 7 heteroatoms. The van der Waals surface area contributed by atoms with Gasteiger partial charge in [-0.05, 0) is 23.9 Å². The van der Waals surface area contributed by atoms with Gasteiger partial charge in [0, 0.05) is 0 Å². The van der Waals surface area contributed by atoms with E-state index >= 15 is 0 Å². The number of hydrogen-bond acceptors (Lipinski definition) is 4. The van der Waals surface area contributed by atoms with Crippen molar-refractivity contribution >= 4 is 27.5 Å². The van der Waals surface area contributed by atoms with Crippen molar-refractivity contribution in [2.45, 2.75) is 19.5 Å². The van der Waals surface area contributed by atoms with Gasteiger partial charge in [-0.25, -0.2) is 9.36 Å². The number of hydrogen-bond donors (Lipinski definition) is 2. The van der Waals surface area contributed by atoms with E-state index in [1.165, 1.54) is 11.3 Å². The van der Waals surface area contributed by atoms with Gasteiger partial charge >= 0.3 is 5.69 Å². The second-order valence-electron chi connectivity index (χ2n) is 5.18. The molecule has 0 saturated carbocycles. The first-order valence-electron chi connectivity index (χ1n) is 7.11. The van der Waals surface area contributed by atoms with Gasteiger partial charge in [0.1, 0.15) is 11.2 Å². The summed E-state index contributed by atoms with van der Waals surface area (Å²) in [6.07, 6.45) is 0. The van der Waals surface area contributed by atoms with E-state index in [-0.39, 0.29) is 18.5 Å². The molecular weight excluding hydrogens is 314 g/mol. The molecule has 0 aliphatic heterocycles. The van der Waals surface area contributed by atoms with Gasteiger partial charge in [0.15, 0.2) is 0 Å². The van der Waals surface area contributed by atoms with Crippen molar-refractivity contribution in [1.29, 1.82) is 0 Å². The number of thiophene rings is 1. The molecule has 3 rings (SSSR count). The molecule has 0 spiro atoms. The third-order valence-corrected chi connectivity index (χ3v) is 4.47. The Kier molecular flexibility index (Phi) is 4.12. The largest absolute Gasteiger partial charge is 0.348 e. The summed E-state index contributed by atoms with van der Waals surface area (Å²) in [5.41, 5.74) is 0.430. The zero-order chi connectivity index (χ0) is 16.4. The van der Waals surface area contributed by atoms with Crippen molar-refractivity contribution in [1.82, 2.24) is 14.9 Å². The minimum Gasteiger partial charge on any atom is -0.348 e. The van der Waals surface area contributed by atoms with Gasteiger partial charge < -0.3 is 10.3 Å². The van der Waals surface area contributed by atoms with Crippen molar-refractivity contribution < 1.29 is 4.79 Å². The fraction of sp³-hybridized carbons (Fsp3) is 0.188. The van der Waals surface area contributed by atoms with E-state index < -0.39 is 11.2 Å². The van der Waals surface area contributed by atoms with Crippen molar-refractivity contribution in [2.24, 2.45) is 0 Å². The van der Waals surface area contributed by atoms with Crippen molar-refractivity contribution in [3.63, 3.8) is 0 Å². The van der Waals surface area contributed by atoms with Crippen LogP contribution in [0.3, 0.4) is 0 Å². The highest BCUT2D eigenvalue weighted by molar-refractivity contribution is 7.17. The third-order valence-electron chi connectivity index (χ3n) is 3.57. The van der Waals surface area contributed by atoms with E-state index in [0.717, 1.165) is 10.1 Å². The molecule has 0 bridgehead atoms. The summed E-state index contributed by atoms with van der Waals surface area (Å²) in [7, 11) is 0. The van der Waals surface area contributed by atoms with Crippen molar-refractivity contribution in [3.8, 4) is 0 Å². The molecule has 1 unspecified atom stereocenters. The molecule has 6 nitrogen and oxygen atoms in total. The molecule has 0 aliphatic rings. The van der Waals surface area contributed by atoms with Crippen LogP contribution in [-0.4, -0.2) is 15.5 Å². The van der Waals surface area contributed by atoms with Crippen LogP contribution in [0, 0.1) is 0 Å². The zero-order valence-corrected chi connectivity index (χ0v) is 13.2. The van der Waals surface area contributed by atoms with Crippen LogP contribution in [-0.2, 0) is 11.3 Å². The number of aromatic nitrogens is 2. The highest BCUT2D eigenvalue weighted by atomic mass is 32.1. The second kappa shape index (κ2) is 6.21. The van der Waals surface area contributed by atoms with Crippen LogP contribution in [0.5, 0.6) is 0 Å². The van der Waals surface area contributed by atoms with E-state index in [1.54, 1.807) is 11.4 Å². The summed E-state index contributed by atoms with van der Waals surface area (Å²) in [6, 6.07) is 10.9. The SMILES string of the molecule is CC(NC(=O)Cn1c(=O)[nH]c2ccsc2c1=O)c1ccccc1. The predicted molar refractivity (Wildman–Crippen MR) is 89.7 cm³/mol. The summed E-state index contributed by atoms with van der Waals surface area (Å²) in [6.45, 7) is 1.54. The minimum absolute atomic E-state index is 0.205. The highest BCUT2D eigenvalue weighted by Gasteiger charge is 2.14. The number of amides is 1. The smallest absolute Gasteiger partial charge is 0.329 e. The summed E-state index contributed by atoms with van der Waals surface area (Å²) in [4.78, 5) is 39.0. The van der Waals surface area contributed by atoms with E-state index in [1.807, 2.05) is 37.3 Å². The summed E-state index contributed by atoms with van der Waals surface area (Å²) in [5.74, 6) is -0.384. The predicted octanol–water partition coefficient (Wildman–Crippen LogP) is 1.63. The lowest BCUT2D eigenvalue weighted by atomic mass is 10.1. The molecular formula is C16H15N3O3S. The number of nitrogens with zero attached hydrogens (tertiary/aromatic N) is 1. The Balaban J connectivity index is 1.81. The van der Waals surface area contributed by atoms with Crippen LogP contribution >= 0.6 is 11.3 Å². The lowest BCUT2D eigenvalue weighted by molar-refractivity contribution is -0.122. The molecule has 23 heavy (non-hydrogen) atoms. The molecule has 118 valence electrons. The normalized spacial score (nSPS) is 12.2. The van der Waals surface area contributed by atoms with E-state index in [9.17, 15) is 14.4 Å². The Morgan fingerprint density at radius 2 is 2.00 bits per heavy atom. The van der Waals surface area contributed by atoms with Crippen LogP contribution in [0.4, 0.5) is 0 Å². The Bertz CT molecular complexity index is 956. The fourth-order valence-electron chi connectivity index (χ4n) is 2.37. The van der Waals surface area contributed by atoms with Crippen LogP contribution < -0.4 is 16.6 Å². The lowest BCUT2D eigenvalue weighted by Crippen LogP contribution is -2.40. The van der Waals surface area contributed by atoms with Crippen LogP contribution in [0.1, 0.15) is 18.5 Å². The third kappa shape index (κ3) is 3.09. The monoisotopic (exact) mass is 329 g/mol. The molecule has 0 radical (unpaired) electrons. The Hall–Kier alpha value is -2.67. The average Bonchev–Trinajstić information content (AvgIpc) is 3.00. The summed E-state index contributed by atoms with van der Waals surface area (Å²) < 4.78 is 1.36. The molecule has 0 fully saturated rings. The summed E-state index contributed by atoms with van der Waals surface area (Å²) >= 11 is 1.24. The van der Waals surface area contributed by atoms with Gasteiger partial charge in [-0.2, -0.15) is 0 Å². The maximum absolute atomic E-state index is 12.3. The minimum atomic E-state index is -0.580. The molecule has 0 saturated heterocycles. The second-order valence-corrected chi connectivity index (χ2v) is 6.10. The Morgan fingerprint density at radius 1 is 1.26 bits per heavy atom. The number of nitrogens with one attached hydrogen (secondary N) is 2. The maximum atomic E-state index is 12.3. The van der Waals surface area contributed by atoms with Crippen molar-refractivity contribution in [3.05, 3.63) is 68.2 Å². The molecule has 1 atom stereocenters. The first-order valence-corrected chi connectivity index (χ1v) is 7.99. The number of carbonyl (C=O) groups is 1. The summed E-state index contributed by atoms with van der Waals surface area (Å²) in [5, 5.41) is 4.52. The molecule has 2 aromatic heterocycles. The highest BCUT2D eigenvalue weighted by Crippen LogP contribution is 2.12. The molecule has 1 aromatic carbocycles. The zero-order valence-electron chi connectivity index (χ0n) is 12.4. The molecule has 0 aliphatic carbocycles. The Morgan fingerprint density at radius 3 is 2.74 bits per heavy atom. The van der Waals surface area contributed by atoms with E-state index in [2.05, 4.69) is 10.3 Å². The van der Waals surface area contributed by atoms with E-state index in [4.69, 9.17) is 0 Å². The standard InChI is InChI=1S/C16H15N3O3S/c1-10(11-5-3-2-4-6-11)17-13(20)9-19-15(21)14-12(7-8-23-14)18-16(19)22/h2-8,10H,9H2,1H3,(H,17,20)(H,18,22). The van der Waals surface area contributed by atoms with Crippen molar-refractivity contribution in [2.75, 3.05) is 0 Å². The van der Waals surface area contributed by atoms with Gasteiger partial charge in [0.2, 0.25) is 5.91 Å². The maximum Gasteiger partial charge on any atom is 0.329 e. The number of rotatable bonds is 4. The fourth-order valence-corrected chi connectivity index (χ4v) is 3.17. The molecule has 1 amide bonds. The number of H-pyrrole nitrogens is 1.